The van der Waals surface area contributed by atoms with Gasteiger partial charge >= 0.3 is 39.5 Å². The monoisotopic (exact) mass is 1440 g/mol. The summed E-state index contributed by atoms with van der Waals surface area (Å²) in [6, 6.07) is 0. The van der Waals surface area contributed by atoms with Gasteiger partial charge in [-0.15, -0.1) is 0 Å². The first-order valence-electron chi connectivity index (χ1n) is 41.3. The Morgan fingerprint density at radius 1 is 0.245 bits per heavy atom. The summed E-state index contributed by atoms with van der Waals surface area (Å²) in [4.78, 5) is 72.8. The average molecular weight is 1440 g/mol. The van der Waals surface area contributed by atoms with E-state index in [1.54, 1.807) is 0 Å². The van der Waals surface area contributed by atoms with Crippen LogP contribution >= 0.6 is 15.6 Å². The fourth-order valence-electron chi connectivity index (χ4n) is 12.3. The standard InChI is InChI=1S/C79H154O17P2/c1-5-9-13-17-21-25-29-31-33-35-36-37-38-39-40-42-44-46-50-54-58-62-66-79(84)96-75(70-90-77(82)64-60-56-52-49-45-43-41-34-32-30-26-22-18-14-10-6-2)72-94-98(87,88)92-68-73(80)67-91-97(85,86)93-71-74(95-78(83)65-61-57-53-48-28-24-20-16-12-8-4)69-89-76(81)63-59-55-51-47-27-23-19-15-11-7-3/h73-75,80H,5-72H2,1-4H3,(H,85,86)(H,87,88)/t73-,74+,75+/m0/s1. The second-order valence-electron chi connectivity index (χ2n) is 28.5. The van der Waals surface area contributed by atoms with Crippen molar-refractivity contribution in [2.75, 3.05) is 39.6 Å². The maximum Gasteiger partial charge on any atom is 0.472 e. The van der Waals surface area contributed by atoms with E-state index in [1.165, 1.54) is 257 Å². The Labute approximate surface area is 600 Å². The zero-order valence-electron chi connectivity index (χ0n) is 63.8. The predicted molar refractivity (Wildman–Crippen MR) is 400 cm³/mol. The molecule has 17 nitrogen and oxygen atoms in total. The molecule has 0 fully saturated rings. The van der Waals surface area contributed by atoms with Gasteiger partial charge in [-0.05, 0) is 25.7 Å². The second-order valence-corrected chi connectivity index (χ2v) is 31.4. The predicted octanol–water partition coefficient (Wildman–Crippen LogP) is 23.8. The molecule has 0 amide bonds. The highest BCUT2D eigenvalue weighted by Gasteiger charge is 2.30. The number of phosphoric acid groups is 2. The molecule has 0 aromatic carbocycles. The normalized spacial score (nSPS) is 13.8. The van der Waals surface area contributed by atoms with Gasteiger partial charge in [-0.25, -0.2) is 9.13 Å². The van der Waals surface area contributed by atoms with Crippen LogP contribution < -0.4 is 0 Å². The van der Waals surface area contributed by atoms with Gasteiger partial charge in [-0.2, -0.15) is 0 Å². The Kier molecular flexibility index (Phi) is 71.9. The fraction of sp³-hybridized carbons (Fsp3) is 0.949. The summed E-state index contributed by atoms with van der Waals surface area (Å²) in [6.07, 6.45) is 65.3. The molecule has 0 aliphatic carbocycles. The van der Waals surface area contributed by atoms with Crippen LogP contribution in [0.25, 0.3) is 0 Å². The van der Waals surface area contributed by atoms with E-state index >= 15 is 0 Å². The Hall–Kier alpha value is -1.94. The van der Waals surface area contributed by atoms with Crippen molar-refractivity contribution >= 4 is 39.5 Å². The molecule has 0 bridgehead atoms. The lowest BCUT2D eigenvalue weighted by molar-refractivity contribution is -0.161. The van der Waals surface area contributed by atoms with E-state index in [4.69, 9.17) is 37.0 Å². The zero-order valence-corrected chi connectivity index (χ0v) is 65.6. The molecule has 5 atom stereocenters. The lowest BCUT2D eigenvalue weighted by Crippen LogP contribution is -2.30. The van der Waals surface area contributed by atoms with Crippen LogP contribution in [0, 0.1) is 0 Å². The molecule has 2 unspecified atom stereocenters. The number of carbonyl (C=O) groups is 4. The summed E-state index contributed by atoms with van der Waals surface area (Å²) in [5.74, 6) is -2.11. The van der Waals surface area contributed by atoms with Gasteiger partial charge in [0.1, 0.15) is 19.3 Å². The van der Waals surface area contributed by atoms with Crippen molar-refractivity contribution in [3.8, 4) is 0 Å². The van der Waals surface area contributed by atoms with Crippen LogP contribution in [0.2, 0.25) is 0 Å². The van der Waals surface area contributed by atoms with Crippen molar-refractivity contribution in [3.05, 3.63) is 0 Å². The first-order valence-corrected chi connectivity index (χ1v) is 44.3. The fourth-order valence-corrected chi connectivity index (χ4v) is 13.9. The zero-order chi connectivity index (χ0) is 71.8. The number of unbranched alkanes of at least 4 members (excludes halogenated alkanes) is 54. The minimum absolute atomic E-state index is 0.107. The Morgan fingerprint density at radius 2 is 0.408 bits per heavy atom. The topological polar surface area (TPSA) is 237 Å². The van der Waals surface area contributed by atoms with Gasteiger partial charge in [0.15, 0.2) is 12.2 Å². The van der Waals surface area contributed by atoms with Crippen LogP contribution in [0.1, 0.15) is 426 Å². The minimum Gasteiger partial charge on any atom is -0.462 e. The van der Waals surface area contributed by atoms with Crippen LogP contribution in [0.15, 0.2) is 0 Å². The number of phosphoric ester groups is 2. The van der Waals surface area contributed by atoms with Crippen molar-refractivity contribution in [3.63, 3.8) is 0 Å². The van der Waals surface area contributed by atoms with E-state index in [0.717, 1.165) is 89.9 Å². The molecule has 0 spiro atoms. The highest BCUT2D eigenvalue weighted by molar-refractivity contribution is 7.47. The average Bonchev–Trinajstić information content (AvgIpc) is 1.09. The van der Waals surface area contributed by atoms with Crippen LogP contribution in [0.3, 0.4) is 0 Å². The molecule has 0 radical (unpaired) electrons. The van der Waals surface area contributed by atoms with Crippen molar-refractivity contribution in [2.45, 2.75) is 444 Å². The van der Waals surface area contributed by atoms with Crippen molar-refractivity contribution in [1.29, 1.82) is 0 Å². The van der Waals surface area contributed by atoms with Gasteiger partial charge < -0.3 is 33.8 Å². The highest BCUT2D eigenvalue weighted by atomic mass is 31.2. The molecule has 0 saturated carbocycles. The Morgan fingerprint density at radius 3 is 0.602 bits per heavy atom. The van der Waals surface area contributed by atoms with E-state index in [0.29, 0.717) is 25.7 Å². The second kappa shape index (κ2) is 73.4. The highest BCUT2D eigenvalue weighted by Crippen LogP contribution is 2.45. The number of hydrogen-bond acceptors (Lipinski definition) is 15. The summed E-state index contributed by atoms with van der Waals surface area (Å²) < 4.78 is 68.6. The number of ether oxygens (including phenoxy) is 4. The molecule has 19 heteroatoms. The molecule has 0 heterocycles. The molecule has 0 rings (SSSR count). The number of aliphatic hydroxyl groups excluding tert-OH is 1. The first kappa shape index (κ1) is 96.1. The number of esters is 4. The van der Waals surface area contributed by atoms with Crippen LogP contribution in [-0.2, 0) is 65.4 Å². The summed E-state index contributed by atoms with van der Waals surface area (Å²) >= 11 is 0. The van der Waals surface area contributed by atoms with E-state index in [2.05, 4.69) is 27.7 Å². The van der Waals surface area contributed by atoms with Crippen molar-refractivity contribution in [2.24, 2.45) is 0 Å². The molecule has 0 aromatic heterocycles. The lowest BCUT2D eigenvalue weighted by atomic mass is 10.0. The van der Waals surface area contributed by atoms with Crippen molar-refractivity contribution in [1.82, 2.24) is 0 Å². The third-order valence-electron chi connectivity index (χ3n) is 18.6. The molecule has 98 heavy (non-hydrogen) atoms. The van der Waals surface area contributed by atoms with Gasteiger partial charge in [-0.3, -0.25) is 37.3 Å². The molecule has 582 valence electrons. The quantitative estimate of drug-likeness (QED) is 0.0222. The molecule has 0 aliphatic rings. The number of rotatable bonds is 80. The SMILES string of the molecule is CCCCCCCCCCCCCCCCCCCCCCCCC(=O)O[C@H](COC(=O)CCCCCCCCCCCCCCCCCC)COP(=O)(O)OC[C@@H](O)COP(=O)(O)OC[C@@H](COC(=O)CCCCCCCCCCCC)OC(=O)CCCCCCCCCCCC. The molecular formula is C79H154O17P2. The van der Waals surface area contributed by atoms with E-state index < -0.39 is 97.5 Å². The first-order chi connectivity index (χ1) is 47.7. The van der Waals surface area contributed by atoms with Crippen LogP contribution in [0.5, 0.6) is 0 Å². The summed E-state index contributed by atoms with van der Waals surface area (Å²) in [5.41, 5.74) is 0. The van der Waals surface area contributed by atoms with E-state index in [-0.39, 0.29) is 25.7 Å². The Bertz CT molecular complexity index is 1860. The summed E-state index contributed by atoms with van der Waals surface area (Å²) in [5, 5.41) is 10.6. The van der Waals surface area contributed by atoms with Gasteiger partial charge in [-0.1, -0.05) is 374 Å². The third-order valence-corrected chi connectivity index (χ3v) is 20.5. The minimum atomic E-state index is -4.96. The maximum atomic E-state index is 13.1. The van der Waals surface area contributed by atoms with Crippen molar-refractivity contribution < 1.29 is 80.2 Å². The van der Waals surface area contributed by atoms with Gasteiger partial charge in [0.2, 0.25) is 0 Å². The number of carbonyl (C=O) groups excluding carboxylic acids is 4. The molecule has 0 aromatic rings. The summed E-state index contributed by atoms with van der Waals surface area (Å²) in [6.45, 7) is 4.99. The maximum absolute atomic E-state index is 13.1. The van der Waals surface area contributed by atoms with Crippen LogP contribution in [-0.4, -0.2) is 96.7 Å². The smallest absolute Gasteiger partial charge is 0.462 e. The Balaban J connectivity index is 5.17. The third kappa shape index (κ3) is 72.4. The molecular weight excluding hydrogens is 1280 g/mol. The largest absolute Gasteiger partial charge is 0.472 e. The summed E-state index contributed by atoms with van der Waals surface area (Å²) in [7, 11) is -9.91. The molecule has 3 N–H and O–H groups in total. The van der Waals surface area contributed by atoms with E-state index in [9.17, 15) is 43.2 Å². The van der Waals surface area contributed by atoms with E-state index in [1.807, 2.05) is 0 Å². The lowest BCUT2D eigenvalue weighted by Gasteiger charge is -2.21. The number of aliphatic hydroxyl groups is 1. The van der Waals surface area contributed by atoms with Gasteiger partial charge in [0, 0.05) is 25.7 Å². The molecule has 0 aliphatic heterocycles. The van der Waals surface area contributed by atoms with Gasteiger partial charge in [0.05, 0.1) is 26.4 Å². The number of hydrogen-bond donors (Lipinski definition) is 3. The molecule has 0 saturated heterocycles. The van der Waals surface area contributed by atoms with Crippen LogP contribution in [0.4, 0.5) is 0 Å². The van der Waals surface area contributed by atoms with Gasteiger partial charge in [0.25, 0.3) is 0 Å².